The van der Waals surface area contributed by atoms with Crippen LogP contribution in [0.1, 0.15) is 151 Å². The summed E-state index contributed by atoms with van der Waals surface area (Å²) in [5.41, 5.74) is 10.3. The summed E-state index contributed by atoms with van der Waals surface area (Å²) < 4.78 is 13.7. The molecular weight excluding hydrogens is 714 g/mol. The summed E-state index contributed by atoms with van der Waals surface area (Å²) in [7, 11) is 1.00. The van der Waals surface area contributed by atoms with E-state index in [1.54, 1.807) is 18.2 Å². The van der Waals surface area contributed by atoms with Crippen molar-refractivity contribution in [2.75, 3.05) is 20.2 Å². The van der Waals surface area contributed by atoms with Crippen molar-refractivity contribution < 1.29 is 24.2 Å². The number of halogens is 1. The van der Waals surface area contributed by atoms with Gasteiger partial charge in [-0.2, -0.15) is 0 Å². The van der Waals surface area contributed by atoms with Gasteiger partial charge in [0.25, 0.3) is 0 Å². The number of benzene rings is 1. The Labute approximate surface area is 345 Å². The number of aliphatic hydroxyl groups is 1. The van der Waals surface area contributed by atoms with Crippen LogP contribution in [0.25, 0.3) is 5.70 Å². The average Bonchev–Trinajstić information content (AvgIpc) is 3.46. The molecule has 5 aliphatic carbocycles. The molecule has 7 nitrogen and oxygen atoms in total. The van der Waals surface area contributed by atoms with Gasteiger partial charge in [0.05, 0.1) is 6.42 Å². The summed E-state index contributed by atoms with van der Waals surface area (Å²) in [6.07, 6.45) is 17.0. The van der Waals surface area contributed by atoms with Crippen LogP contribution < -0.4 is 5.73 Å². The van der Waals surface area contributed by atoms with E-state index in [1.165, 1.54) is 75.5 Å². The number of allylic oxidation sites excluding steroid dienone is 3. The molecule has 0 spiro atoms. The van der Waals surface area contributed by atoms with E-state index in [9.17, 15) is 19.4 Å². The minimum atomic E-state index is -0.778. The lowest BCUT2D eigenvalue weighted by Gasteiger charge is -2.66. The number of ketones is 1. The molecule has 0 radical (unpaired) electrons. The molecular formula is C49H78FN3O4. The van der Waals surface area contributed by atoms with E-state index in [4.69, 9.17) is 15.9 Å². The molecule has 5 aliphatic rings. The highest BCUT2D eigenvalue weighted by Crippen LogP contribution is 2.71. The van der Waals surface area contributed by atoms with Gasteiger partial charge in [0.2, 0.25) is 0 Å². The van der Waals surface area contributed by atoms with Crippen LogP contribution in [-0.2, 0) is 9.59 Å². The minimum absolute atomic E-state index is 0.149. The van der Waals surface area contributed by atoms with Gasteiger partial charge in [0, 0.05) is 44.2 Å². The molecule has 7 atom stereocenters. The first-order chi connectivity index (χ1) is 26.8. The molecule has 0 heterocycles. The molecule has 4 fully saturated rings. The Morgan fingerprint density at radius 3 is 2.21 bits per heavy atom. The van der Waals surface area contributed by atoms with Gasteiger partial charge in [-0.15, -0.1) is 6.58 Å². The maximum absolute atomic E-state index is 13.9. The highest BCUT2D eigenvalue weighted by molar-refractivity contribution is 6.02. The van der Waals surface area contributed by atoms with E-state index in [2.05, 4.69) is 54.7 Å². The number of carboxylic acid groups (broad SMARTS) is 1. The number of carboxylic acids is 1. The van der Waals surface area contributed by atoms with Gasteiger partial charge >= 0.3 is 5.97 Å². The van der Waals surface area contributed by atoms with Crippen LogP contribution in [0, 0.1) is 62.5 Å². The third-order valence-corrected chi connectivity index (χ3v) is 14.6. The Morgan fingerprint density at radius 2 is 1.67 bits per heavy atom. The van der Waals surface area contributed by atoms with Crippen LogP contribution in [0.2, 0.25) is 0 Å². The van der Waals surface area contributed by atoms with Crippen molar-refractivity contribution in [3.8, 4) is 0 Å². The summed E-state index contributed by atoms with van der Waals surface area (Å²) in [5.74, 6) is 2.66. The number of aliphatic hydroxyl groups excluding tert-OH is 1. The number of carbonyl (C=O) groups is 2. The van der Waals surface area contributed by atoms with Crippen molar-refractivity contribution in [1.82, 2.24) is 4.90 Å². The third-order valence-electron chi connectivity index (χ3n) is 14.6. The van der Waals surface area contributed by atoms with Crippen LogP contribution in [0.15, 0.2) is 54.6 Å². The number of rotatable bonds is 10. The normalized spacial score (nSPS) is 30.0. The second kappa shape index (κ2) is 20.2. The Balaban J connectivity index is 0.000000538. The zero-order valence-corrected chi connectivity index (χ0v) is 37.1. The molecule has 0 aliphatic heterocycles. The second-order valence-electron chi connectivity index (χ2n) is 19.2. The first-order valence-electron chi connectivity index (χ1n) is 21.9. The molecule has 0 aromatic heterocycles. The number of amidine groups is 1. The lowest BCUT2D eigenvalue weighted by molar-refractivity contribution is -0.150. The lowest BCUT2D eigenvalue weighted by atomic mass is 9.39. The van der Waals surface area contributed by atoms with E-state index in [-0.39, 0.29) is 29.0 Å². The number of Topliss-reactive ketones (excluding diaryl/α,β-unsaturated/α-hetero) is 1. The highest BCUT2D eigenvalue weighted by atomic mass is 19.1. The Hall–Kier alpha value is -3.10. The van der Waals surface area contributed by atoms with Crippen LogP contribution in [0.3, 0.4) is 0 Å². The average molecular weight is 792 g/mol. The van der Waals surface area contributed by atoms with Crippen LogP contribution in [0.4, 0.5) is 4.39 Å². The molecule has 5 N–H and O–H groups in total. The van der Waals surface area contributed by atoms with Gasteiger partial charge in [-0.05, 0) is 120 Å². The maximum atomic E-state index is 13.9. The summed E-state index contributed by atoms with van der Waals surface area (Å²) >= 11 is 0. The number of nitrogens with zero attached hydrogens (tertiary/aromatic N) is 1. The SMILES string of the molecule is C=C(c1ccc(F)cc1)N(CCN)C(=N)CC12CCC3C(CCC4C5(C)CCCCC5CCC34C)C1=C(C(C)C)C(=O)C2.C=CC(C)(C)CC(=O)O.CCC.CO. The molecule has 0 amide bonds. The van der Waals surface area contributed by atoms with Gasteiger partial charge < -0.3 is 20.8 Å². The van der Waals surface area contributed by atoms with Gasteiger partial charge in [0.1, 0.15) is 11.7 Å². The van der Waals surface area contributed by atoms with Crippen molar-refractivity contribution in [3.05, 3.63) is 66.0 Å². The van der Waals surface area contributed by atoms with E-state index in [0.717, 1.165) is 42.9 Å². The van der Waals surface area contributed by atoms with E-state index >= 15 is 0 Å². The van der Waals surface area contributed by atoms with Gasteiger partial charge in [0.15, 0.2) is 5.78 Å². The third kappa shape index (κ3) is 10.4. The van der Waals surface area contributed by atoms with Gasteiger partial charge in [-0.3, -0.25) is 15.0 Å². The predicted octanol–water partition coefficient (Wildman–Crippen LogP) is 11.5. The Kier molecular flexibility index (Phi) is 17.1. The molecule has 7 unspecified atom stereocenters. The largest absolute Gasteiger partial charge is 0.481 e. The van der Waals surface area contributed by atoms with Crippen molar-refractivity contribution in [3.63, 3.8) is 0 Å². The zero-order valence-electron chi connectivity index (χ0n) is 37.1. The lowest BCUT2D eigenvalue weighted by Crippen LogP contribution is -2.58. The summed E-state index contributed by atoms with van der Waals surface area (Å²) in [4.78, 5) is 25.9. The van der Waals surface area contributed by atoms with Crippen molar-refractivity contribution in [2.24, 2.45) is 57.0 Å². The quantitative estimate of drug-likeness (QED) is 0.106. The Bertz CT molecular complexity index is 1600. The number of nitrogens with one attached hydrogen (secondary N) is 1. The highest BCUT2D eigenvalue weighted by Gasteiger charge is 2.63. The Morgan fingerprint density at radius 1 is 1.04 bits per heavy atom. The molecule has 1 aromatic carbocycles. The number of nitrogens with two attached hydrogens (primary N) is 1. The molecule has 0 bridgehead atoms. The van der Waals surface area contributed by atoms with E-state index in [0.29, 0.717) is 65.9 Å². The molecule has 6 rings (SSSR count). The first-order valence-corrected chi connectivity index (χ1v) is 21.9. The van der Waals surface area contributed by atoms with Crippen molar-refractivity contribution in [2.45, 2.75) is 145 Å². The standard InChI is InChI=1S/C38H54FN3O.C7H12O2.C3H8.CH4O/c1-24(2)34-31(43)22-38(23-33(41)42(21-20-40)25(3)26-9-11-28(39)12-10-26)19-16-30-29(35(34)38)13-14-32-36(4)17-7-6-8-27(36)15-18-37(30,32)5;1-4-7(2,3)5-6(8)9;1-3-2;1-2/h9-12,24,27,29-30,32,41H,3,6-8,13-23,40H2,1-2,4-5H3;4H,1,5H2,2-3H3,(H,8,9);3H2,1-2H3;2H,1H3. The fourth-order valence-electron chi connectivity index (χ4n) is 12.1. The summed E-state index contributed by atoms with van der Waals surface area (Å²) in [6, 6.07) is 6.32. The van der Waals surface area contributed by atoms with Crippen LogP contribution in [-0.4, -0.2) is 52.9 Å². The monoisotopic (exact) mass is 792 g/mol. The number of aliphatic carboxylic acids is 1. The van der Waals surface area contributed by atoms with Crippen LogP contribution >= 0.6 is 0 Å². The number of fused-ring (bicyclic) bond motifs is 7. The molecule has 8 heteroatoms. The molecule has 1 aromatic rings. The molecule has 4 saturated carbocycles. The van der Waals surface area contributed by atoms with Gasteiger partial charge in [-0.25, -0.2) is 4.39 Å². The van der Waals surface area contributed by atoms with E-state index < -0.39 is 5.97 Å². The number of carbonyl (C=O) groups excluding carboxylic acids is 1. The minimum Gasteiger partial charge on any atom is -0.481 e. The molecule has 320 valence electrons. The summed E-state index contributed by atoms with van der Waals surface area (Å²) in [6.45, 7) is 26.3. The maximum Gasteiger partial charge on any atom is 0.304 e. The fraction of sp³-hybridized carbons (Fsp3) is 0.694. The fourth-order valence-corrected chi connectivity index (χ4v) is 12.1. The smallest absolute Gasteiger partial charge is 0.304 e. The second-order valence-corrected chi connectivity index (χ2v) is 19.2. The number of hydrogen-bond acceptors (Lipinski definition) is 5. The molecule has 0 saturated heterocycles. The zero-order chi connectivity index (χ0) is 42.9. The molecule has 57 heavy (non-hydrogen) atoms. The van der Waals surface area contributed by atoms with Crippen molar-refractivity contribution >= 4 is 23.3 Å². The summed E-state index contributed by atoms with van der Waals surface area (Å²) in [5, 5.41) is 24.8. The van der Waals surface area contributed by atoms with Crippen molar-refractivity contribution in [1.29, 1.82) is 5.41 Å². The van der Waals surface area contributed by atoms with E-state index in [1.807, 2.05) is 18.7 Å². The van der Waals surface area contributed by atoms with Gasteiger partial charge in [-0.1, -0.05) is 105 Å². The first kappa shape index (κ1) is 48.3. The topological polar surface area (TPSA) is 128 Å². The number of hydrogen-bond donors (Lipinski definition) is 4. The van der Waals surface area contributed by atoms with Crippen LogP contribution in [0.5, 0.6) is 0 Å². The predicted molar refractivity (Wildman–Crippen MR) is 234 cm³/mol.